The van der Waals surface area contributed by atoms with E-state index in [9.17, 15) is 0 Å². The van der Waals surface area contributed by atoms with Crippen LogP contribution in [0.15, 0.2) is 11.6 Å². The van der Waals surface area contributed by atoms with Gasteiger partial charge in [0.2, 0.25) is 0 Å². The maximum atomic E-state index is 4.98. The molecule has 0 saturated heterocycles. The minimum atomic E-state index is 0.875. The molecule has 6 heavy (non-hydrogen) atoms. The van der Waals surface area contributed by atoms with Gasteiger partial charge in [-0.15, -0.1) is 12.3 Å². The fourth-order valence-electron chi connectivity index (χ4n) is 0.348. The Morgan fingerprint density at radius 1 is 2.00 bits per heavy atom. The Labute approximate surface area is 37.9 Å². The van der Waals surface area contributed by atoms with Crippen molar-refractivity contribution in [3.8, 4) is 12.3 Å². The van der Waals surface area contributed by atoms with Crippen LogP contribution in [0.25, 0.3) is 0 Å². The van der Waals surface area contributed by atoms with E-state index in [0.717, 1.165) is 6.42 Å². The Morgan fingerprint density at radius 3 is 2.83 bits per heavy atom. The van der Waals surface area contributed by atoms with Gasteiger partial charge in [-0.1, -0.05) is 11.6 Å². The topological polar surface area (TPSA) is 0 Å². The predicted octanol–water partition coefficient (Wildman–Crippen LogP) is 1.34. The molecule has 0 unspecified atom stereocenters. The van der Waals surface area contributed by atoms with Crippen LogP contribution >= 0.6 is 0 Å². The third-order valence-electron chi connectivity index (χ3n) is 0.822. The Balaban J connectivity index is 2.22. The lowest BCUT2D eigenvalue weighted by Crippen LogP contribution is -1.53. The summed E-state index contributed by atoms with van der Waals surface area (Å²) in [5.74, 6) is 2.56. The molecule has 1 aliphatic carbocycles. The van der Waals surface area contributed by atoms with Crippen LogP contribution in [0.1, 0.15) is 12.8 Å². The molecular weight excluding hydrogens is 72.1 g/mol. The summed E-state index contributed by atoms with van der Waals surface area (Å²) in [5, 5.41) is 0. The van der Waals surface area contributed by atoms with E-state index < -0.39 is 0 Å². The van der Waals surface area contributed by atoms with Crippen LogP contribution in [0.2, 0.25) is 0 Å². The molecule has 0 aromatic carbocycles. The molecule has 0 spiro atoms. The first kappa shape index (κ1) is 3.49. The SMILES string of the molecule is C#CCC1=CC1. The molecule has 0 heterocycles. The monoisotopic (exact) mass is 78.0 g/mol. The van der Waals surface area contributed by atoms with Crippen molar-refractivity contribution < 1.29 is 0 Å². The molecule has 0 bridgehead atoms. The van der Waals surface area contributed by atoms with Crippen molar-refractivity contribution in [2.45, 2.75) is 12.8 Å². The maximum absolute atomic E-state index is 4.98. The maximum Gasteiger partial charge on any atom is 0.0299 e. The average molecular weight is 78.1 g/mol. The van der Waals surface area contributed by atoms with Gasteiger partial charge >= 0.3 is 0 Å². The highest BCUT2D eigenvalue weighted by atomic mass is 14.1. The molecule has 0 atom stereocenters. The number of terminal acetylenes is 1. The zero-order chi connectivity index (χ0) is 4.41. The van der Waals surface area contributed by atoms with Gasteiger partial charge in [0, 0.05) is 6.42 Å². The largest absolute Gasteiger partial charge is 0.120 e. The standard InChI is InChI=1S/C6H6/c1-2-3-6-4-5-6/h1,4H,3,5H2. The van der Waals surface area contributed by atoms with E-state index in [1.54, 1.807) is 0 Å². The number of allylic oxidation sites excluding steroid dienone is 2. The highest BCUT2D eigenvalue weighted by Crippen LogP contribution is 2.20. The van der Waals surface area contributed by atoms with Gasteiger partial charge in [0.15, 0.2) is 0 Å². The second-order valence-electron chi connectivity index (χ2n) is 1.45. The molecule has 0 aromatic rings. The minimum Gasteiger partial charge on any atom is -0.120 e. The van der Waals surface area contributed by atoms with Gasteiger partial charge in [-0.3, -0.25) is 0 Å². The summed E-state index contributed by atoms with van der Waals surface area (Å²) in [5.41, 5.74) is 1.43. The third-order valence-corrected chi connectivity index (χ3v) is 0.822. The fourth-order valence-corrected chi connectivity index (χ4v) is 0.348. The van der Waals surface area contributed by atoms with Crippen molar-refractivity contribution in [2.24, 2.45) is 0 Å². The lowest BCUT2D eigenvalue weighted by atomic mass is 10.4. The first-order valence-electron chi connectivity index (χ1n) is 2.05. The number of rotatable bonds is 1. The third kappa shape index (κ3) is 0.621. The molecule has 0 aliphatic heterocycles. The van der Waals surface area contributed by atoms with E-state index in [0.29, 0.717) is 0 Å². The Morgan fingerprint density at radius 2 is 2.67 bits per heavy atom. The second-order valence-corrected chi connectivity index (χ2v) is 1.45. The van der Waals surface area contributed by atoms with E-state index in [1.807, 2.05) is 0 Å². The lowest BCUT2D eigenvalue weighted by Gasteiger charge is -1.68. The molecule has 0 fully saturated rings. The van der Waals surface area contributed by atoms with Crippen LogP contribution in [0, 0.1) is 12.3 Å². The molecule has 1 rings (SSSR count). The van der Waals surface area contributed by atoms with Gasteiger partial charge in [-0.25, -0.2) is 0 Å². The van der Waals surface area contributed by atoms with Crippen molar-refractivity contribution >= 4 is 0 Å². The normalized spacial score (nSPS) is 15.5. The molecule has 0 nitrogen and oxygen atoms in total. The molecule has 1 aliphatic rings. The summed E-state index contributed by atoms with van der Waals surface area (Å²) in [4.78, 5) is 0. The van der Waals surface area contributed by atoms with E-state index in [4.69, 9.17) is 6.42 Å². The summed E-state index contributed by atoms with van der Waals surface area (Å²) in [6, 6.07) is 0. The van der Waals surface area contributed by atoms with Gasteiger partial charge in [0.1, 0.15) is 0 Å². The zero-order valence-corrected chi connectivity index (χ0v) is 3.57. The highest BCUT2D eigenvalue weighted by molar-refractivity contribution is 5.25. The molecule has 0 radical (unpaired) electrons. The highest BCUT2D eigenvalue weighted by Gasteiger charge is 2.02. The van der Waals surface area contributed by atoms with Gasteiger partial charge < -0.3 is 0 Å². The van der Waals surface area contributed by atoms with Crippen LogP contribution in [0.5, 0.6) is 0 Å². The quantitative estimate of drug-likeness (QED) is 0.328. The van der Waals surface area contributed by atoms with Crippen LogP contribution in [-0.4, -0.2) is 0 Å². The van der Waals surface area contributed by atoms with E-state index in [-0.39, 0.29) is 0 Å². The summed E-state index contributed by atoms with van der Waals surface area (Å²) in [7, 11) is 0. The molecule has 0 N–H and O–H groups in total. The van der Waals surface area contributed by atoms with Crippen molar-refractivity contribution in [1.82, 2.24) is 0 Å². The van der Waals surface area contributed by atoms with E-state index in [1.165, 1.54) is 12.0 Å². The van der Waals surface area contributed by atoms with Gasteiger partial charge in [0.25, 0.3) is 0 Å². The molecule has 30 valence electrons. The minimum absolute atomic E-state index is 0.875. The van der Waals surface area contributed by atoms with Crippen molar-refractivity contribution in [3.63, 3.8) is 0 Å². The van der Waals surface area contributed by atoms with Crippen molar-refractivity contribution in [2.75, 3.05) is 0 Å². The molecule has 0 heteroatoms. The second kappa shape index (κ2) is 1.18. The molecule has 0 saturated carbocycles. The smallest absolute Gasteiger partial charge is 0.0299 e. The van der Waals surface area contributed by atoms with E-state index in [2.05, 4.69) is 12.0 Å². The average Bonchev–Trinajstić information content (AvgIpc) is 2.21. The molecule has 0 amide bonds. The van der Waals surface area contributed by atoms with Gasteiger partial charge in [0.05, 0.1) is 0 Å². The van der Waals surface area contributed by atoms with Crippen molar-refractivity contribution in [1.29, 1.82) is 0 Å². The summed E-state index contributed by atoms with van der Waals surface area (Å²) in [6.45, 7) is 0. The van der Waals surface area contributed by atoms with Crippen LogP contribution in [0.4, 0.5) is 0 Å². The van der Waals surface area contributed by atoms with Crippen LogP contribution in [0.3, 0.4) is 0 Å². The van der Waals surface area contributed by atoms with E-state index >= 15 is 0 Å². The van der Waals surface area contributed by atoms with Gasteiger partial charge in [-0.05, 0) is 6.42 Å². The number of hydrogen-bond donors (Lipinski definition) is 0. The summed E-state index contributed by atoms with van der Waals surface area (Å²) < 4.78 is 0. The zero-order valence-electron chi connectivity index (χ0n) is 3.57. The Bertz CT molecular complexity index is 112. The number of hydrogen-bond acceptors (Lipinski definition) is 0. The first-order chi connectivity index (χ1) is 2.93. The Hall–Kier alpha value is -0.700. The lowest BCUT2D eigenvalue weighted by molar-refractivity contribution is 1.33. The van der Waals surface area contributed by atoms with Crippen molar-refractivity contribution in [3.05, 3.63) is 11.6 Å². The summed E-state index contributed by atoms with van der Waals surface area (Å²) in [6.07, 6.45) is 9.18. The molecular formula is C6H6. The Kier molecular flexibility index (Phi) is 0.686. The van der Waals surface area contributed by atoms with Crippen LogP contribution in [-0.2, 0) is 0 Å². The predicted molar refractivity (Wildman–Crippen MR) is 26.1 cm³/mol. The fraction of sp³-hybridized carbons (Fsp3) is 0.333. The van der Waals surface area contributed by atoms with Gasteiger partial charge in [-0.2, -0.15) is 0 Å². The molecule has 0 aromatic heterocycles. The summed E-state index contributed by atoms with van der Waals surface area (Å²) >= 11 is 0. The van der Waals surface area contributed by atoms with Crippen LogP contribution < -0.4 is 0 Å². The first-order valence-corrected chi connectivity index (χ1v) is 2.05.